The number of rotatable bonds is 6. The van der Waals surface area contributed by atoms with Gasteiger partial charge < -0.3 is 20.3 Å². The Bertz CT molecular complexity index is 546. The molecule has 24 heavy (non-hydrogen) atoms. The molecule has 2 N–H and O–H groups in total. The summed E-state index contributed by atoms with van der Waals surface area (Å²) in [5.74, 6) is 0.00720. The average molecular weight is 356 g/mol. The number of nitrogens with one attached hydrogen (secondary N) is 2. The maximum absolute atomic E-state index is 11.9. The maximum Gasteiger partial charge on any atom is 0.253 e. The summed E-state index contributed by atoms with van der Waals surface area (Å²) in [7, 11) is 3.47. The number of ether oxygens (including phenoxy) is 1. The predicted molar refractivity (Wildman–Crippen MR) is 95.6 cm³/mol. The van der Waals surface area contributed by atoms with Crippen LogP contribution in [0.25, 0.3) is 0 Å². The van der Waals surface area contributed by atoms with Crippen LogP contribution in [0.2, 0.25) is 0 Å². The smallest absolute Gasteiger partial charge is 0.253 e. The van der Waals surface area contributed by atoms with Crippen molar-refractivity contribution < 1.29 is 14.3 Å². The molecule has 1 unspecified atom stereocenters. The van der Waals surface area contributed by atoms with Crippen LogP contribution in [-0.4, -0.2) is 63.2 Å². The molecule has 0 aliphatic carbocycles. The van der Waals surface area contributed by atoms with Crippen LogP contribution < -0.4 is 10.6 Å². The molecule has 7 heteroatoms. The molecule has 2 rings (SSSR count). The quantitative estimate of drug-likeness (QED) is 0.793. The van der Waals surface area contributed by atoms with E-state index in [1.165, 1.54) is 0 Å². The highest BCUT2D eigenvalue weighted by Crippen LogP contribution is 2.08. The van der Waals surface area contributed by atoms with Gasteiger partial charge in [0.15, 0.2) is 0 Å². The number of hydrogen-bond donors (Lipinski definition) is 2. The van der Waals surface area contributed by atoms with E-state index in [1.54, 1.807) is 25.1 Å². The van der Waals surface area contributed by atoms with Crippen molar-refractivity contribution in [1.29, 1.82) is 0 Å². The van der Waals surface area contributed by atoms with Gasteiger partial charge in [0.05, 0.1) is 13.2 Å². The Morgan fingerprint density at radius 2 is 2.17 bits per heavy atom. The van der Waals surface area contributed by atoms with E-state index in [-0.39, 0.29) is 30.3 Å². The Labute approximate surface area is 149 Å². The molecule has 1 aromatic carbocycles. The summed E-state index contributed by atoms with van der Waals surface area (Å²) >= 11 is 0. The van der Waals surface area contributed by atoms with Gasteiger partial charge in [0, 0.05) is 45.2 Å². The van der Waals surface area contributed by atoms with E-state index < -0.39 is 0 Å². The highest BCUT2D eigenvalue weighted by Gasteiger charge is 2.16. The van der Waals surface area contributed by atoms with Crippen molar-refractivity contribution in [2.24, 2.45) is 0 Å². The summed E-state index contributed by atoms with van der Waals surface area (Å²) in [6.07, 6.45) is 1.13. The van der Waals surface area contributed by atoms with Gasteiger partial charge in [0.1, 0.15) is 0 Å². The zero-order chi connectivity index (χ0) is 16.7. The Balaban J connectivity index is 0.00000288. The van der Waals surface area contributed by atoms with Crippen LogP contribution in [0, 0.1) is 0 Å². The van der Waals surface area contributed by atoms with Gasteiger partial charge in [0.25, 0.3) is 5.91 Å². The molecule has 1 fully saturated rings. The van der Waals surface area contributed by atoms with Gasteiger partial charge in [0.2, 0.25) is 5.91 Å². The predicted octanol–water partition coefficient (Wildman–Crippen LogP) is 0.847. The van der Waals surface area contributed by atoms with Crippen LogP contribution in [0.5, 0.6) is 0 Å². The van der Waals surface area contributed by atoms with Crippen LogP contribution in [0.1, 0.15) is 22.3 Å². The van der Waals surface area contributed by atoms with Crippen molar-refractivity contribution in [3.63, 3.8) is 0 Å². The van der Waals surface area contributed by atoms with E-state index in [1.807, 2.05) is 18.2 Å². The first-order valence-electron chi connectivity index (χ1n) is 7.94. The minimum atomic E-state index is -0.0146. The zero-order valence-electron chi connectivity index (χ0n) is 14.2. The summed E-state index contributed by atoms with van der Waals surface area (Å²) in [5, 5.41) is 6.18. The number of nitrogens with zero attached hydrogens (tertiary/aromatic N) is 1. The van der Waals surface area contributed by atoms with E-state index in [0.29, 0.717) is 38.2 Å². The number of amides is 2. The molecule has 0 bridgehead atoms. The molecular weight excluding hydrogens is 330 g/mol. The second kappa shape index (κ2) is 10.3. The SMILES string of the molecule is CN(C)C(=O)c1cccc(CCNC(=O)CC2COCCN2)c1.Cl. The number of halogens is 1. The molecule has 1 aliphatic rings. The van der Waals surface area contributed by atoms with Crippen LogP contribution >= 0.6 is 12.4 Å². The fourth-order valence-electron chi connectivity index (χ4n) is 2.51. The summed E-state index contributed by atoms with van der Waals surface area (Å²) in [6.45, 7) is 2.65. The highest BCUT2D eigenvalue weighted by atomic mass is 35.5. The zero-order valence-corrected chi connectivity index (χ0v) is 15.0. The van der Waals surface area contributed by atoms with Crippen molar-refractivity contribution in [2.75, 3.05) is 40.4 Å². The van der Waals surface area contributed by atoms with Crippen LogP contribution in [0.4, 0.5) is 0 Å². The van der Waals surface area contributed by atoms with Crippen molar-refractivity contribution in [3.05, 3.63) is 35.4 Å². The molecule has 1 aromatic rings. The summed E-state index contributed by atoms with van der Waals surface area (Å²) in [4.78, 5) is 25.4. The summed E-state index contributed by atoms with van der Waals surface area (Å²) in [6, 6.07) is 7.63. The normalized spacial score (nSPS) is 16.8. The topological polar surface area (TPSA) is 70.7 Å². The second-order valence-corrected chi connectivity index (χ2v) is 5.93. The molecule has 6 nitrogen and oxygen atoms in total. The lowest BCUT2D eigenvalue weighted by Gasteiger charge is -2.23. The summed E-state index contributed by atoms with van der Waals surface area (Å²) in [5.41, 5.74) is 1.71. The second-order valence-electron chi connectivity index (χ2n) is 5.93. The lowest BCUT2D eigenvalue weighted by atomic mass is 10.1. The largest absolute Gasteiger partial charge is 0.378 e. The maximum atomic E-state index is 11.9. The van der Waals surface area contributed by atoms with Gasteiger partial charge in [-0.1, -0.05) is 12.1 Å². The molecule has 1 saturated heterocycles. The highest BCUT2D eigenvalue weighted by molar-refractivity contribution is 5.94. The third kappa shape index (κ3) is 6.47. The molecule has 2 amide bonds. The van der Waals surface area contributed by atoms with E-state index >= 15 is 0 Å². The minimum Gasteiger partial charge on any atom is -0.378 e. The Kier molecular flexibility index (Phi) is 8.74. The van der Waals surface area contributed by atoms with Gasteiger partial charge in [-0.2, -0.15) is 0 Å². The van der Waals surface area contributed by atoms with E-state index in [4.69, 9.17) is 4.74 Å². The molecule has 0 spiro atoms. The number of carbonyl (C=O) groups is 2. The third-order valence-corrected chi connectivity index (χ3v) is 3.75. The average Bonchev–Trinajstić information content (AvgIpc) is 2.55. The fourth-order valence-corrected chi connectivity index (χ4v) is 2.51. The number of carbonyl (C=O) groups excluding carboxylic acids is 2. The Morgan fingerprint density at radius 3 is 2.83 bits per heavy atom. The fraction of sp³-hybridized carbons (Fsp3) is 0.529. The molecule has 0 saturated carbocycles. The van der Waals surface area contributed by atoms with Crippen LogP contribution in [0.15, 0.2) is 24.3 Å². The van der Waals surface area contributed by atoms with E-state index in [9.17, 15) is 9.59 Å². The van der Waals surface area contributed by atoms with Crippen molar-refractivity contribution in [2.45, 2.75) is 18.9 Å². The third-order valence-electron chi connectivity index (χ3n) is 3.75. The lowest BCUT2D eigenvalue weighted by molar-refractivity contribution is -0.122. The molecule has 1 heterocycles. The van der Waals surface area contributed by atoms with Gasteiger partial charge in [-0.05, 0) is 24.1 Å². The van der Waals surface area contributed by atoms with Crippen molar-refractivity contribution in [3.8, 4) is 0 Å². The number of benzene rings is 1. The lowest BCUT2D eigenvalue weighted by Crippen LogP contribution is -2.44. The number of hydrogen-bond acceptors (Lipinski definition) is 4. The first kappa shape index (κ1) is 20.4. The first-order chi connectivity index (χ1) is 11.1. The molecule has 1 atom stereocenters. The van der Waals surface area contributed by atoms with Gasteiger partial charge in [-0.15, -0.1) is 12.4 Å². The van der Waals surface area contributed by atoms with Gasteiger partial charge >= 0.3 is 0 Å². The number of morpholine rings is 1. The van der Waals surface area contributed by atoms with Crippen molar-refractivity contribution >= 4 is 24.2 Å². The van der Waals surface area contributed by atoms with Crippen molar-refractivity contribution in [1.82, 2.24) is 15.5 Å². The van der Waals surface area contributed by atoms with E-state index in [0.717, 1.165) is 12.1 Å². The van der Waals surface area contributed by atoms with Gasteiger partial charge in [-0.3, -0.25) is 9.59 Å². The Morgan fingerprint density at radius 1 is 1.38 bits per heavy atom. The molecule has 1 aliphatic heterocycles. The molecule has 134 valence electrons. The molecular formula is C17H26ClN3O3. The monoisotopic (exact) mass is 355 g/mol. The molecule has 0 radical (unpaired) electrons. The minimum absolute atomic E-state index is 0. The van der Waals surface area contributed by atoms with Crippen LogP contribution in [-0.2, 0) is 16.0 Å². The van der Waals surface area contributed by atoms with Gasteiger partial charge in [-0.25, -0.2) is 0 Å². The standard InChI is InChI=1S/C17H25N3O3.ClH/c1-20(2)17(22)14-5-3-4-13(10-14)6-7-19-16(21)11-15-12-23-9-8-18-15;/h3-5,10,15,18H,6-9,11-12H2,1-2H3,(H,19,21);1H. The Hall–Kier alpha value is -1.63. The van der Waals surface area contributed by atoms with Crippen LogP contribution in [0.3, 0.4) is 0 Å². The molecule has 0 aromatic heterocycles. The summed E-state index contributed by atoms with van der Waals surface area (Å²) < 4.78 is 5.33. The first-order valence-corrected chi connectivity index (χ1v) is 7.94. The van der Waals surface area contributed by atoms with E-state index in [2.05, 4.69) is 10.6 Å².